The third kappa shape index (κ3) is 4.12. The molecule has 0 bridgehead atoms. The standard InChI is InChI=1S/C26H32N2O5/c1-15-22-18(13-26(2,3)14-19(22)29)27-24(15)25(30)28-9-7-16(8-10-28)23-20(32-5)11-17(31-4)12-21(23)33-6/h7,11-12,27H,8-10,13-14H2,1-6H3. The van der Waals surface area contributed by atoms with Crippen molar-refractivity contribution in [2.75, 3.05) is 34.4 Å². The third-order valence-electron chi connectivity index (χ3n) is 6.65. The smallest absolute Gasteiger partial charge is 0.270 e. The largest absolute Gasteiger partial charge is 0.496 e. The fraction of sp³-hybridized carbons (Fsp3) is 0.462. The first-order valence-corrected chi connectivity index (χ1v) is 11.2. The normalized spacial score (nSPS) is 17.3. The number of carbonyl (C=O) groups excluding carboxylic acids is 2. The number of nitrogens with zero attached hydrogens (tertiary/aromatic N) is 1. The molecule has 2 aromatic rings. The van der Waals surface area contributed by atoms with Gasteiger partial charge in [0.2, 0.25) is 0 Å². The quantitative estimate of drug-likeness (QED) is 0.726. The van der Waals surface area contributed by atoms with Crippen molar-refractivity contribution in [1.29, 1.82) is 0 Å². The second-order valence-corrected chi connectivity index (χ2v) is 9.56. The molecular weight excluding hydrogens is 420 g/mol. The van der Waals surface area contributed by atoms with Crippen molar-refractivity contribution >= 4 is 17.3 Å². The van der Waals surface area contributed by atoms with Crippen LogP contribution in [0.1, 0.15) is 64.4 Å². The number of benzene rings is 1. The number of hydrogen-bond donors (Lipinski definition) is 1. The molecule has 0 saturated heterocycles. The minimum Gasteiger partial charge on any atom is -0.496 e. The van der Waals surface area contributed by atoms with Crippen molar-refractivity contribution in [3.63, 3.8) is 0 Å². The van der Waals surface area contributed by atoms with E-state index < -0.39 is 0 Å². The summed E-state index contributed by atoms with van der Waals surface area (Å²) < 4.78 is 16.5. The Hall–Kier alpha value is -3.22. The number of nitrogens with one attached hydrogen (secondary N) is 1. The zero-order valence-corrected chi connectivity index (χ0v) is 20.3. The van der Waals surface area contributed by atoms with Gasteiger partial charge in [0.1, 0.15) is 22.9 Å². The van der Waals surface area contributed by atoms with Crippen LogP contribution >= 0.6 is 0 Å². The van der Waals surface area contributed by atoms with E-state index in [0.717, 1.165) is 28.8 Å². The number of Topliss-reactive ketones (excluding diaryl/α,β-unsaturated/α-hetero) is 1. The van der Waals surface area contributed by atoms with Crippen LogP contribution in [-0.2, 0) is 6.42 Å². The number of H-pyrrole nitrogens is 1. The molecule has 0 spiro atoms. The first-order valence-electron chi connectivity index (χ1n) is 11.2. The average Bonchev–Trinajstić information content (AvgIpc) is 3.12. The summed E-state index contributed by atoms with van der Waals surface area (Å²) in [6.07, 6.45) is 3.98. The van der Waals surface area contributed by atoms with Crippen molar-refractivity contribution in [2.45, 2.75) is 40.0 Å². The number of carbonyl (C=O) groups is 2. The summed E-state index contributed by atoms with van der Waals surface area (Å²) in [5.74, 6) is 2.05. The Morgan fingerprint density at radius 2 is 1.70 bits per heavy atom. The summed E-state index contributed by atoms with van der Waals surface area (Å²) in [6.45, 7) is 7.08. The first kappa shape index (κ1) is 23.0. The van der Waals surface area contributed by atoms with E-state index in [0.29, 0.717) is 54.4 Å². The summed E-state index contributed by atoms with van der Waals surface area (Å²) in [6, 6.07) is 3.67. The maximum Gasteiger partial charge on any atom is 0.270 e. The maximum atomic E-state index is 13.4. The molecule has 2 heterocycles. The Labute approximate surface area is 194 Å². The second kappa shape index (κ2) is 8.61. The summed E-state index contributed by atoms with van der Waals surface area (Å²) >= 11 is 0. The predicted molar refractivity (Wildman–Crippen MR) is 127 cm³/mol. The van der Waals surface area contributed by atoms with Crippen LogP contribution in [0.5, 0.6) is 17.2 Å². The number of fused-ring (bicyclic) bond motifs is 1. The van der Waals surface area contributed by atoms with Gasteiger partial charge in [-0.2, -0.15) is 0 Å². The number of aromatic nitrogens is 1. The van der Waals surface area contributed by atoms with Crippen LogP contribution in [0, 0.1) is 12.3 Å². The van der Waals surface area contributed by atoms with Gasteiger partial charge in [-0.05, 0) is 36.3 Å². The van der Waals surface area contributed by atoms with E-state index in [2.05, 4.69) is 18.8 Å². The Morgan fingerprint density at radius 3 is 2.24 bits per heavy atom. The van der Waals surface area contributed by atoms with Crippen LogP contribution in [0.3, 0.4) is 0 Å². The molecule has 0 atom stereocenters. The van der Waals surface area contributed by atoms with E-state index in [1.54, 1.807) is 21.3 Å². The van der Waals surface area contributed by atoms with Gasteiger partial charge in [-0.15, -0.1) is 0 Å². The zero-order chi connectivity index (χ0) is 23.9. The molecule has 7 nitrogen and oxygen atoms in total. The van der Waals surface area contributed by atoms with Gasteiger partial charge in [0, 0.05) is 42.9 Å². The molecule has 1 aliphatic carbocycles. The van der Waals surface area contributed by atoms with Crippen molar-refractivity contribution in [3.05, 3.63) is 46.3 Å². The number of hydrogen-bond acceptors (Lipinski definition) is 5. The lowest BCUT2D eigenvalue weighted by atomic mass is 9.75. The lowest BCUT2D eigenvalue weighted by molar-refractivity contribution is 0.0766. The zero-order valence-electron chi connectivity index (χ0n) is 20.3. The fourth-order valence-corrected chi connectivity index (χ4v) is 5.01. The summed E-state index contributed by atoms with van der Waals surface area (Å²) in [5.41, 5.74) is 4.74. The molecule has 1 aromatic carbocycles. The fourth-order valence-electron chi connectivity index (χ4n) is 5.01. The highest BCUT2D eigenvalue weighted by Crippen LogP contribution is 2.41. The monoisotopic (exact) mass is 452 g/mol. The lowest BCUT2D eigenvalue weighted by Crippen LogP contribution is -2.35. The van der Waals surface area contributed by atoms with Crippen molar-refractivity contribution < 1.29 is 23.8 Å². The van der Waals surface area contributed by atoms with Gasteiger partial charge in [0.15, 0.2) is 5.78 Å². The minimum atomic E-state index is -0.0963. The van der Waals surface area contributed by atoms with E-state index in [9.17, 15) is 9.59 Å². The minimum absolute atomic E-state index is 0.0727. The second-order valence-electron chi connectivity index (χ2n) is 9.56. The molecule has 1 aliphatic heterocycles. The highest BCUT2D eigenvalue weighted by molar-refractivity contribution is 6.04. The van der Waals surface area contributed by atoms with E-state index in [1.165, 1.54) is 0 Å². The summed E-state index contributed by atoms with van der Waals surface area (Å²) in [5, 5.41) is 0. The molecule has 176 valence electrons. The highest BCUT2D eigenvalue weighted by Gasteiger charge is 2.36. The van der Waals surface area contributed by atoms with Crippen LogP contribution in [-0.4, -0.2) is 56.0 Å². The Morgan fingerprint density at radius 1 is 1.03 bits per heavy atom. The summed E-state index contributed by atoms with van der Waals surface area (Å²) in [4.78, 5) is 31.2. The van der Waals surface area contributed by atoms with E-state index >= 15 is 0 Å². The molecule has 0 radical (unpaired) electrons. The number of ether oxygens (including phenoxy) is 3. The molecule has 1 amide bonds. The Bertz CT molecular complexity index is 1120. The molecule has 0 fully saturated rings. The number of amides is 1. The van der Waals surface area contributed by atoms with Crippen molar-refractivity contribution in [3.8, 4) is 17.2 Å². The number of rotatable bonds is 5. The molecule has 2 aliphatic rings. The van der Waals surface area contributed by atoms with Gasteiger partial charge in [0.25, 0.3) is 5.91 Å². The molecular formula is C26H32N2O5. The molecule has 0 unspecified atom stereocenters. The number of aromatic amines is 1. The topological polar surface area (TPSA) is 80.9 Å². The first-order chi connectivity index (χ1) is 15.7. The number of ketones is 1. The highest BCUT2D eigenvalue weighted by atomic mass is 16.5. The van der Waals surface area contributed by atoms with E-state index in [-0.39, 0.29) is 17.1 Å². The van der Waals surface area contributed by atoms with Crippen LogP contribution < -0.4 is 14.2 Å². The van der Waals surface area contributed by atoms with Gasteiger partial charge in [-0.1, -0.05) is 19.9 Å². The van der Waals surface area contributed by atoms with Crippen molar-refractivity contribution in [1.82, 2.24) is 9.88 Å². The van der Waals surface area contributed by atoms with Crippen LogP contribution in [0.4, 0.5) is 0 Å². The van der Waals surface area contributed by atoms with Crippen molar-refractivity contribution in [2.24, 2.45) is 5.41 Å². The van der Waals surface area contributed by atoms with E-state index in [1.807, 2.05) is 30.0 Å². The Kier molecular flexibility index (Phi) is 5.99. The van der Waals surface area contributed by atoms with Gasteiger partial charge in [-0.25, -0.2) is 0 Å². The summed E-state index contributed by atoms with van der Waals surface area (Å²) in [7, 11) is 4.84. The van der Waals surface area contributed by atoms with Gasteiger partial charge in [0.05, 0.1) is 26.9 Å². The molecule has 7 heteroatoms. The molecule has 4 rings (SSSR count). The molecule has 33 heavy (non-hydrogen) atoms. The van der Waals surface area contributed by atoms with Gasteiger partial charge in [-0.3, -0.25) is 9.59 Å². The maximum absolute atomic E-state index is 13.4. The van der Waals surface area contributed by atoms with Crippen LogP contribution in [0.25, 0.3) is 5.57 Å². The molecule has 0 saturated carbocycles. The van der Waals surface area contributed by atoms with E-state index in [4.69, 9.17) is 14.2 Å². The SMILES string of the molecule is COc1cc(OC)c(C2=CCN(C(=O)c3[nH]c4c(c3C)C(=O)CC(C)(C)C4)CC2)c(OC)c1. The number of methoxy groups -OCH3 is 3. The molecule has 1 N–H and O–H groups in total. The molecule has 1 aromatic heterocycles. The van der Waals surface area contributed by atoms with Crippen LogP contribution in [0.2, 0.25) is 0 Å². The lowest BCUT2D eigenvalue weighted by Gasteiger charge is -2.28. The average molecular weight is 453 g/mol. The third-order valence-corrected chi connectivity index (χ3v) is 6.65. The van der Waals surface area contributed by atoms with Crippen LogP contribution in [0.15, 0.2) is 18.2 Å². The van der Waals surface area contributed by atoms with Gasteiger partial charge >= 0.3 is 0 Å². The predicted octanol–water partition coefficient (Wildman–Crippen LogP) is 4.43. The van der Waals surface area contributed by atoms with Gasteiger partial charge < -0.3 is 24.1 Å². The Balaban J connectivity index is 1.60.